The van der Waals surface area contributed by atoms with Crippen LogP contribution in [0.25, 0.3) is 0 Å². The molecule has 0 saturated carbocycles. The first-order valence-electron chi connectivity index (χ1n) is 7.03. The normalized spacial score (nSPS) is 13.5. The van der Waals surface area contributed by atoms with E-state index in [-0.39, 0.29) is 18.0 Å². The summed E-state index contributed by atoms with van der Waals surface area (Å²) in [5.74, 6) is -0.0501. The Bertz CT molecular complexity index is 601. The second kappa shape index (κ2) is 7.25. The van der Waals surface area contributed by atoms with Crippen molar-refractivity contribution in [2.24, 2.45) is 0 Å². The molecular weight excluding hydrogens is 284 g/mol. The molecule has 0 spiro atoms. The van der Waals surface area contributed by atoms with Crippen molar-refractivity contribution in [1.82, 2.24) is 0 Å². The molecule has 0 aliphatic heterocycles. The van der Waals surface area contributed by atoms with E-state index in [1.807, 2.05) is 42.6 Å². The van der Waals surface area contributed by atoms with Gasteiger partial charge < -0.3 is 10.6 Å². The molecule has 21 heavy (non-hydrogen) atoms. The number of rotatable bonds is 5. The zero-order valence-corrected chi connectivity index (χ0v) is 13.0. The first kappa shape index (κ1) is 15.5. The van der Waals surface area contributed by atoms with Crippen LogP contribution in [0.2, 0.25) is 5.02 Å². The van der Waals surface area contributed by atoms with Crippen molar-refractivity contribution in [2.75, 3.05) is 5.32 Å². The zero-order chi connectivity index (χ0) is 15.2. The summed E-state index contributed by atoms with van der Waals surface area (Å²) in [6.45, 7) is 3.99. The van der Waals surface area contributed by atoms with E-state index in [9.17, 15) is 4.79 Å². The fraction of sp³-hybridized carbons (Fsp3) is 0.235. The van der Waals surface area contributed by atoms with Crippen LogP contribution in [0.1, 0.15) is 25.5 Å². The van der Waals surface area contributed by atoms with Gasteiger partial charge in [-0.1, -0.05) is 54.1 Å². The Labute approximate surface area is 130 Å². The molecule has 3 nitrogen and oxygen atoms in total. The monoisotopic (exact) mass is 303 g/mol. The summed E-state index contributed by atoms with van der Waals surface area (Å²) in [6.07, 6.45) is 0. The minimum Gasteiger partial charge on any atom is -0.330 e. The minimum atomic E-state index is -0.198. The molecule has 0 saturated heterocycles. The van der Waals surface area contributed by atoms with Crippen molar-refractivity contribution in [1.29, 1.82) is 0 Å². The van der Waals surface area contributed by atoms with E-state index in [1.165, 1.54) is 5.56 Å². The number of quaternary nitrogens is 1. The number of carbonyl (C=O) groups excluding carboxylic acids is 1. The average Bonchev–Trinajstić information content (AvgIpc) is 2.50. The van der Waals surface area contributed by atoms with E-state index in [2.05, 4.69) is 24.4 Å². The van der Waals surface area contributed by atoms with Crippen LogP contribution in [0.15, 0.2) is 54.6 Å². The van der Waals surface area contributed by atoms with E-state index in [4.69, 9.17) is 11.6 Å². The van der Waals surface area contributed by atoms with Gasteiger partial charge in [-0.25, -0.2) is 0 Å². The summed E-state index contributed by atoms with van der Waals surface area (Å²) in [7, 11) is 0. The quantitative estimate of drug-likeness (QED) is 0.876. The van der Waals surface area contributed by atoms with Gasteiger partial charge in [0.05, 0.1) is 10.7 Å². The highest BCUT2D eigenvalue weighted by Crippen LogP contribution is 2.20. The Balaban J connectivity index is 1.95. The van der Waals surface area contributed by atoms with Gasteiger partial charge in [-0.2, -0.15) is 0 Å². The first-order chi connectivity index (χ1) is 10.1. The Morgan fingerprint density at radius 3 is 2.33 bits per heavy atom. The molecule has 0 aliphatic carbocycles. The SMILES string of the molecule is C[C@@H]([NH2+][C@H](C)c1ccccc1)C(=O)Nc1ccccc1Cl. The van der Waals surface area contributed by atoms with Crippen molar-refractivity contribution < 1.29 is 10.1 Å². The largest absolute Gasteiger partial charge is 0.330 e. The van der Waals surface area contributed by atoms with Gasteiger partial charge in [0.1, 0.15) is 6.04 Å². The maximum atomic E-state index is 12.2. The third kappa shape index (κ3) is 4.31. The van der Waals surface area contributed by atoms with Crippen molar-refractivity contribution in [2.45, 2.75) is 25.9 Å². The molecule has 2 aromatic rings. The minimum absolute atomic E-state index is 0.0501. The van der Waals surface area contributed by atoms with E-state index in [0.29, 0.717) is 10.7 Å². The van der Waals surface area contributed by atoms with Crippen molar-refractivity contribution in [3.63, 3.8) is 0 Å². The smallest absolute Gasteiger partial charge is 0.282 e. The van der Waals surface area contributed by atoms with Gasteiger partial charge in [0, 0.05) is 5.56 Å². The van der Waals surface area contributed by atoms with E-state index in [1.54, 1.807) is 12.1 Å². The van der Waals surface area contributed by atoms with Gasteiger partial charge in [-0.05, 0) is 26.0 Å². The summed E-state index contributed by atoms with van der Waals surface area (Å²) in [5.41, 5.74) is 1.85. The number of benzene rings is 2. The first-order valence-corrected chi connectivity index (χ1v) is 7.41. The van der Waals surface area contributed by atoms with Gasteiger partial charge in [0.25, 0.3) is 5.91 Å². The molecule has 3 N–H and O–H groups in total. The fourth-order valence-corrected chi connectivity index (χ4v) is 2.38. The number of halogens is 1. The van der Waals surface area contributed by atoms with Gasteiger partial charge >= 0.3 is 0 Å². The molecule has 0 bridgehead atoms. The topological polar surface area (TPSA) is 45.7 Å². The molecule has 0 fully saturated rings. The fourth-order valence-electron chi connectivity index (χ4n) is 2.20. The van der Waals surface area contributed by atoms with Crippen LogP contribution in [0.3, 0.4) is 0 Å². The molecule has 0 aliphatic rings. The van der Waals surface area contributed by atoms with E-state index >= 15 is 0 Å². The average molecular weight is 304 g/mol. The Hall–Kier alpha value is -1.84. The summed E-state index contributed by atoms with van der Waals surface area (Å²) in [4.78, 5) is 12.2. The standard InChI is InChI=1S/C17H19ClN2O/c1-12(14-8-4-3-5-9-14)19-13(2)17(21)20-16-11-7-6-10-15(16)18/h3-13,19H,1-2H3,(H,20,21)/p+1/t12-,13-/m1/s1. The van der Waals surface area contributed by atoms with Crippen LogP contribution in [0, 0.1) is 0 Å². The van der Waals surface area contributed by atoms with Crippen LogP contribution < -0.4 is 10.6 Å². The lowest BCUT2D eigenvalue weighted by atomic mass is 10.1. The number of carbonyl (C=O) groups is 1. The van der Waals surface area contributed by atoms with Crippen molar-refractivity contribution in [3.8, 4) is 0 Å². The Kier molecular flexibility index (Phi) is 5.37. The number of para-hydroxylation sites is 1. The highest BCUT2D eigenvalue weighted by Gasteiger charge is 2.20. The molecule has 110 valence electrons. The highest BCUT2D eigenvalue weighted by molar-refractivity contribution is 6.33. The molecule has 2 rings (SSSR count). The summed E-state index contributed by atoms with van der Waals surface area (Å²) >= 11 is 6.05. The van der Waals surface area contributed by atoms with Crippen LogP contribution >= 0.6 is 11.6 Å². The third-order valence-electron chi connectivity index (χ3n) is 3.45. The summed E-state index contributed by atoms with van der Waals surface area (Å²) < 4.78 is 0. The van der Waals surface area contributed by atoms with E-state index < -0.39 is 0 Å². The van der Waals surface area contributed by atoms with Crippen LogP contribution in [-0.4, -0.2) is 11.9 Å². The Morgan fingerprint density at radius 1 is 1.05 bits per heavy atom. The number of nitrogens with two attached hydrogens (primary N) is 1. The molecule has 0 radical (unpaired) electrons. The lowest BCUT2D eigenvalue weighted by Gasteiger charge is -2.17. The molecular formula is C17H20ClN2O+. The van der Waals surface area contributed by atoms with Gasteiger partial charge in [-0.15, -0.1) is 0 Å². The number of hydrogen-bond acceptors (Lipinski definition) is 1. The van der Waals surface area contributed by atoms with Crippen molar-refractivity contribution >= 4 is 23.2 Å². The highest BCUT2D eigenvalue weighted by atomic mass is 35.5. The van der Waals surface area contributed by atoms with Crippen LogP contribution in [0.4, 0.5) is 5.69 Å². The van der Waals surface area contributed by atoms with Crippen LogP contribution in [0.5, 0.6) is 0 Å². The van der Waals surface area contributed by atoms with Crippen LogP contribution in [-0.2, 0) is 4.79 Å². The second-order valence-corrected chi connectivity index (χ2v) is 5.56. The molecule has 0 heterocycles. The van der Waals surface area contributed by atoms with Gasteiger partial charge in [0.15, 0.2) is 6.04 Å². The predicted molar refractivity (Wildman–Crippen MR) is 86.3 cm³/mol. The number of anilines is 1. The zero-order valence-electron chi connectivity index (χ0n) is 12.2. The molecule has 2 atom stereocenters. The molecule has 0 unspecified atom stereocenters. The predicted octanol–water partition coefficient (Wildman–Crippen LogP) is 2.99. The number of amides is 1. The summed E-state index contributed by atoms with van der Waals surface area (Å²) in [6, 6.07) is 17.4. The molecule has 1 amide bonds. The van der Waals surface area contributed by atoms with Crippen molar-refractivity contribution in [3.05, 3.63) is 65.2 Å². The maximum Gasteiger partial charge on any atom is 0.282 e. The van der Waals surface area contributed by atoms with Gasteiger partial charge in [0.2, 0.25) is 0 Å². The molecule has 4 heteroatoms. The Morgan fingerprint density at radius 2 is 1.67 bits per heavy atom. The van der Waals surface area contributed by atoms with E-state index in [0.717, 1.165) is 0 Å². The third-order valence-corrected chi connectivity index (χ3v) is 3.78. The maximum absolute atomic E-state index is 12.2. The molecule has 0 aromatic heterocycles. The second-order valence-electron chi connectivity index (χ2n) is 5.15. The number of nitrogens with one attached hydrogen (secondary N) is 1. The lowest BCUT2D eigenvalue weighted by molar-refractivity contribution is -0.709. The molecule has 2 aromatic carbocycles. The lowest BCUT2D eigenvalue weighted by Crippen LogP contribution is -2.91. The van der Waals surface area contributed by atoms with Gasteiger partial charge in [-0.3, -0.25) is 4.79 Å². The summed E-state index contributed by atoms with van der Waals surface area (Å²) in [5, 5.41) is 5.46. The number of hydrogen-bond donors (Lipinski definition) is 2.